The van der Waals surface area contributed by atoms with Crippen molar-refractivity contribution in [3.63, 3.8) is 0 Å². The summed E-state index contributed by atoms with van der Waals surface area (Å²) in [4.78, 5) is 2.44. The maximum Gasteiger partial charge on any atom is 0.0640 e. The average Bonchev–Trinajstić information content (AvgIpc) is 2.32. The van der Waals surface area contributed by atoms with Crippen molar-refractivity contribution < 1.29 is 0 Å². The molecule has 1 N–H and O–H groups in total. The van der Waals surface area contributed by atoms with Crippen molar-refractivity contribution in [3.05, 3.63) is 33.8 Å². The fourth-order valence-electron chi connectivity index (χ4n) is 2.35. The van der Waals surface area contributed by atoms with E-state index in [1.54, 1.807) is 0 Å². The van der Waals surface area contributed by atoms with Crippen LogP contribution < -0.4 is 5.32 Å². The van der Waals surface area contributed by atoms with E-state index in [1.165, 1.54) is 0 Å². The van der Waals surface area contributed by atoms with Gasteiger partial charge >= 0.3 is 0 Å². The Morgan fingerprint density at radius 1 is 1.41 bits per heavy atom. The molecular formula is C13H18Cl2N2. The normalized spacial score (nSPS) is 23.6. The summed E-state index contributed by atoms with van der Waals surface area (Å²) in [5.74, 6) is 0. The fraction of sp³-hybridized carbons (Fsp3) is 0.538. The van der Waals surface area contributed by atoms with Crippen molar-refractivity contribution >= 4 is 23.2 Å². The van der Waals surface area contributed by atoms with Gasteiger partial charge in [0.2, 0.25) is 0 Å². The van der Waals surface area contributed by atoms with Crippen molar-refractivity contribution in [1.82, 2.24) is 10.2 Å². The van der Waals surface area contributed by atoms with Crippen molar-refractivity contribution in [2.45, 2.75) is 25.9 Å². The van der Waals surface area contributed by atoms with E-state index in [0.29, 0.717) is 22.1 Å². The van der Waals surface area contributed by atoms with E-state index >= 15 is 0 Å². The lowest BCUT2D eigenvalue weighted by molar-refractivity contribution is 0.159. The highest BCUT2D eigenvalue weighted by Gasteiger charge is 2.23. The van der Waals surface area contributed by atoms with Gasteiger partial charge in [-0.3, -0.25) is 4.90 Å². The Bertz CT molecular complexity index is 395. The number of hydrogen-bond donors (Lipinski definition) is 1. The van der Waals surface area contributed by atoms with Gasteiger partial charge in [0, 0.05) is 31.7 Å². The van der Waals surface area contributed by atoms with Crippen LogP contribution in [0.25, 0.3) is 0 Å². The zero-order valence-corrected chi connectivity index (χ0v) is 11.7. The maximum absolute atomic E-state index is 6.27. The van der Waals surface area contributed by atoms with Gasteiger partial charge in [-0.25, -0.2) is 0 Å². The summed E-state index contributed by atoms with van der Waals surface area (Å²) in [6.07, 6.45) is 0. The number of hydrogen-bond acceptors (Lipinski definition) is 2. The van der Waals surface area contributed by atoms with Crippen LogP contribution in [0.1, 0.15) is 25.5 Å². The van der Waals surface area contributed by atoms with Gasteiger partial charge in [0.1, 0.15) is 0 Å². The molecule has 0 aromatic heterocycles. The monoisotopic (exact) mass is 272 g/mol. The number of piperazine rings is 1. The first-order chi connectivity index (χ1) is 8.09. The van der Waals surface area contributed by atoms with Crippen LogP contribution >= 0.6 is 23.2 Å². The zero-order valence-electron chi connectivity index (χ0n) is 10.2. The summed E-state index contributed by atoms with van der Waals surface area (Å²) in [6.45, 7) is 7.52. The molecule has 2 atom stereocenters. The van der Waals surface area contributed by atoms with Gasteiger partial charge in [-0.2, -0.15) is 0 Å². The van der Waals surface area contributed by atoms with Crippen molar-refractivity contribution in [1.29, 1.82) is 0 Å². The van der Waals surface area contributed by atoms with Crippen molar-refractivity contribution in [2.24, 2.45) is 0 Å². The molecule has 1 fully saturated rings. The summed E-state index contributed by atoms with van der Waals surface area (Å²) < 4.78 is 0. The molecule has 1 saturated heterocycles. The van der Waals surface area contributed by atoms with E-state index in [1.807, 2.05) is 12.1 Å². The molecule has 4 heteroatoms. The molecule has 17 heavy (non-hydrogen) atoms. The second-order valence-corrected chi connectivity index (χ2v) is 5.45. The lowest BCUT2D eigenvalue weighted by Gasteiger charge is -2.36. The lowest BCUT2D eigenvalue weighted by Crippen LogP contribution is -2.49. The molecule has 0 spiro atoms. The minimum Gasteiger partial charge on any atom is -0.312 e. The lowest BCUT2D eigenvalue weighted by atomic mass is 10.1. The number of benzene rings is 1. The highest BCUT2D eigenvalue weighted by atomic mass is 35.5. The number of rotatable bonds is 2. The maximum atomic E-state index is 6.27. The number of halogens is 2. The molecule has 1 aliphatic heterocycles. The SMILES string of the molecule is CC1CN(C(C)c2cccc(Cl)c2Cl)CCN1. The second-order valence-electron chi connectivity index (χ2n) is 4.67. The van der Waals surface area contributed by atoms with Crippen LogP contribution in [0.3, 0.4) is 0 Å². The van der Waals surface area contributed by atoms with Gasteiger partial charge in [-0.15, -0.1) is 0 Å². The Morgan fingerprint density at radius 2 is 2.18 bits per heavy atom. The second kappa shape index (κ2) is 5.57. The van der Waals surface area contributed by atoms with Gasteiger partial charge < -0.3 is 5.32 Å². The van der Waals surface area contributed by atoms with Crippen molar-refractivity contribution in [2.75, 3.05) is 19.6 Å². The van der Waals surface area contributed by atoms with E-state index in [9.17, 15) is 0 Å². The van der Waals surface area contributed by atoms with Crippen LogP contribution in [0, 0.1) is 0 Å². The van der Waals surface area contributed by atoms with E-state index in [0.717, 1.165) is 25.2 Å². The molecule has 94 valence electrons. The molecule has 2 nitrogen and oxygen atoms in total. The third-order valence-corrected chi connectivity index (χ3v) is 4.21. The third kappa shape index (κ3) is 2.94. The summed E-state index contributed by atoms with van der Waals surface area (Å²) in [7, 11) is 0. The average molecular weight is 273 g/mol. The van der Waals surface area contributed by atoms with Gasteiger partial charge in [-0.05, 0) is 25.5 Å². The predicted molar refractivity (Wildman–Crippen MR) is 73.9 cm³/mol. The van der Waals surface area contributed by atoms with E-state index in [2.05, 4.69) is 30.1 Å². The Labute approximate surface area is 113 Å². The molecule has 0 amide bonds. The van der Waals surface area contributed by atoms with Crippen LogP contribution in [0.15, 0.2) is 18.2 Å². The first-order valence-corrected chi connectivity index (χ1v) is 6.76. The van der Waals surface area contributed by atoms with Crippen LogP contribution in [0.2, 0.25) is 10.0 Å². The molecule has 0 bridgehead atoms. The topological polar surface area (TPSA) is 15.3 Å². The van der Waals surface area contributed by atoms with Gasteiger partial charge in [0.15, 0.2) is 0 Å². The van der Waals surface area contributed by atoms with E-state index in [4.69, 9.17) is 23.2 Å². The van der Waals surface area contributed by atoms with Crippen LogP contribution in [-0.2, 0) is 0 Å². The summed E-state index contributed by atoms with van der Waals surface area (Å²) >= 11 is 12.3. The highest BCUT2D eigenvalue weighted by Crippen LogP contribution is 2.32. The molecule has 1 heterocycles. The Balaban J connectivity index is 2.18. The number of nitrogens with one attached hydrogen (secondary N) is 1. The molecule has 2 rings (SSSR count). The highest BCUT2D eigenvalue weighted by molar-refractivity contribution is 6.42. The van der Waals surface area contributed by atoms with Gasteiger partial charge in [0.05, 0.1) is 10.0 Å². The smallest absolute Gasteiger partial charge is 0.0640 e. The minimum atomic E-state index is 0.311. The zero-order chi connectivity index (χ0) is 12.4. The molecule has 1 aliphatic rings. The fourth-order valence-corrected chi connectivity index (χ4v) is 2.82. The number of nitrogens with zero attached hydrogens (tertiary/aromatic N) is 1. The predicted octanol–water partition coefficient (Wildman–Crippen LogP) is 3.35. The van der Waals surface area contributed by atoms with Gasteiger partial charge in [0.25, 0.3) is 0 Å². The molecule has 2 unspecified atom stereocenters. The largest absolute Gasteiger partial charge is 0.312 e. The van der Waals surface area contributed by atoms with Crippen molar-refractivity contribution in [3.8, 4) is 0 Å². The summed E-state index contributed by atoms with van der Waals surface area (Å²) in [5, 5.41) is 4.77. The molecule has 0 radical (unpaired) electrons. The molecule has 0 aliphatic carbocycles. The van der Waals surface area contributed by atoms with E-state index in [-0.39, 0.29) is 0 Å². The quantitative estimate of drug-likeness (QED) is 0.889. The Hall–Kier alpha value is -0.280. The third-order valence-electron chi connectivity index (χ3n) is 3.38. The van der Waals surface area contributed by atoms with Crippen LogP contribution in [-0.4, -0.2) is 30.6 Å². The first-order valence-electron chi connectivity index (χ1n) is 6.01. The minimum absolute atomic E-state index is 0.311. The molecular weight excluding hydrogens is 255 g/mol. The van der Waals surface area contributed by atoms with Gasteiger partial charge in [-0.1, -0.05) is 35.3 Å². The molecule has 1 aromatic rings. The summed E-state index contributed by atoms with van der Waals surface area (Å²) in [6, 6.07) is 6.70. The van der Waals surface area contributed by atoms with E-state index < -0.39 is 0 Å². The van der Waals surface area contributed by atoms with Crippen LogP contribution in [0.4, 0.5) is 0 Å². The Morgan fingerprint density at radius 3 is 2.88 bits per heavy atom. The first kappa shape index (κ1) is 13.2. The summed E-state index contributed by atoms with van der Waals surface area (Å²) in [5.41, 5.74) is 1.12. The van der Waals surface area contributed by atoms with Crippen LogP contribution in [0.5, 0.6) is 0 Å². The Kier molecular flexibility index (Phi) is 4.31. The standard InChI is InChI=1S/C13H18Cl2N2/c1-9-8-17(7-6-16-9)10(2)11-4-3-5-12(14)13(11)15/h3-5,9-10,16H,6-8H2,1-2H3. The molecule has 1 aromatic carbocycles. The molecule has 0 saturated carbocycles.